The molecule has 0 saturated carbocycles. The van der Waals surface area contributed by atoms with Crippen LogP contribution in [0.3, 0.4) is 0 Å². The maximum absolute atomic E-state index is 10.6. The number of carboxylic acids is 1. The van der Waals surface area contributed by atoms with Gasteiger partial charge >= 0.3 is 5.97 Å². The fourth-order valence-electron chi connectivity index (χ4n) is 1.84. The summed E-state index contributed by atoms with van der Waals surface area (Å²) in [5.74, 6) is 0.717. The molecule has 0 fully saturated rings. The molecule has 4 nitrogen and oxygen atoms in total. The first-order valence-corrected chi connectivity index (χ1v) is 6.45. The zero-order chi connectivity index (χ0) is 14.4. The van der Waals surface area contributed by atoms with Gasteiger partial charge in [-0.3, -0.25) is 4.79 Å². The van der Waals surface area contributed by atoms with Gasteiger partial charge < -0.3 is 15.2 Å². The van der Waals surface area contributed by atoms with Crippen molar-refractivity contribution in [3.05, 3.63) is 54.6 Å². The molecule has 2 aromatic carbocycles. The van der Waals surface area contributed by atoms with Gasteiger partial charge in [0.1, 0.15) is 11.5 Å². The average molecular weight is 271 g/mol. The lowest BCUT2D eigenvalue weighted by molar-refractivity contribution is -0.137. The summed E-state index contributed by atoms with van der Waals surface area (Å²) in [6.45, 7) is 1.84. The van der Waals surface area contributed by atoms with Crippen LogP contribution in [0.1, 0.15) is 13.3 Å². The molecule has 0 saturated heterocycles. The number of carbonyl (C=O) groups is 1. The van der Waals surface area contributed by atoms with Gasteiger partial charge in [-0.1, -0.05) is 18.2 Å². The highest BCUT2D eigenvalue weighted by Gasteiger charge is 2.07. The highest BCUT2D eigenvalue weighted by Crippen LogP contribution is 2.22. The van der Waals surface area contributed by atoms with Gasteiger partial charge in [-0.2, -0.15) is 0 Å². The number of hydrogen-bond donors (Lipinski definition) is 2. The topological polar surface area (TPSA) is 58.6 Å². The van der Waals surface area contributed by atoms with Crippen molar-refractivity contribution in [2.75, 3.05) is 5.32 Å². The lowest BCUT2D eigenvalue weighted by Crippen LogP contribution is -2.19. The van der Waals surface area contributed by atoms with Crippen molar-refractivity contribution in [3.8, 4) is 11.5 Å². The number of hydrogen-bond acceptors (Lipinski definition) is 3. The minimum Gasteiger partial charge on any atom is -0.481 e. The number of ether oxygens (including phenoxy) is 1. The predicted molar refractivity (Wildman–Crippen MR) is 78.3 cm³/mol. The van der Waals surface area contributed by atoms with E-state index >= 15 is 0 Å². The zero-order valence-corrected chi connectivity index (χ0v) is 11.2. The summed E-state index contributed by atoms with van der Waals surface area (Å²) in [7, 11) is 0. The Bertz CT molecular complexity index is 552. The molecule has 0 aliphatic heterocycles. The molecule has 20 heavy (non-hydrogen) atoms. The maximum Gasteiger partial charge on any atom is 0.305 e. The van der Waals surface area contributed by atoms with E-state index < -0.39 is 5.97 Å². The van der Waals surface area contributed by atoms with Crippen LogP contribution in [0.2, 0.25) is 0 Å². The van der Waals surface area contributed by atoms with E-state index in [1.54, 1.807) is 0 Å². The largest absolute Gasteiger partial charge is 0.481 e. The van der Waals surface area contributed by atoms with Crippen molar-refractivity contribution in [1.29, 1.82) is 0 Å². The first-order chi connectivity index (χ1) is 9.63. The van der Waals surface area contributed by atoms with Gasteiger partial charge in [-0.05, 0) is 43.3 Å². The third-order valence-corrected chi connectivity index (χ3v) is 2.73. The maximum atomic E-state index is 10.6. The van der Waals surface area contributed by atoms with Crippen LogP contribution in [0, 0.1) is 0 Å². The molecule has 1 atom stereocenters. The summed E-state index contributed by atoms with van der Waals surface area (Å²) in [6.07, 6.45) is 0.0856. The van der Waals surface area contributed by atoms with E-state index in [0.29, 0.717) is 0 Å². The van der Waals surface area contributed by atoms with E-state index in [9.17, 15) is 4.79 Å². The van der Waals surface area contributed by atoms with Crippen molar-refractivity contribution >= 4 is 11.7 Å². The van der Waals surface area contributed by atoms with Gasteiger partial charge in [0.15, 0.2) is 0 Å². The minimum absolute atomic E-state index is 0.0856. The fourth-order valence-corrected chi connectivity index (χ4v) is 1.84. The molecule has 0 aromatic heterocycles. The van der Waals surface area contributed by atoms with E-state index in [2.05, 4.69) is 5.32 Å². The molecule has 0 bridgehead atoms. The second-order valence-corrected chi connectivity index (χ2v) is 4.58. The standard InChI is InChI=1S/C16H17NO3/c1-12(11-16(18)19)17-13-7-9-15(10-8-13)20-14-5-3-2-4-6-14/h2-10,12,17H,11H2,1H3,(H,18,19). The summed E-state index contributed by atoms with van der Waals surface area (Å²) >= 11 is 0. The Morgan fingerprint density at radius 2 is 1.70 bits per heavy atom. The molecule has 2 N–H and O–H groups in total. The number of aliphatic carboxylic acids is 1. The Morgan fingerprint density at radius 1 is 1.10 bits per heavy atom. The Hall–Kier alpha value is -2.49. The smallest absolute Gasteiger partial charge is 0.305 e. The molecule has 0 radical (unpaired) electrons. The molecular formula is C16H17NO3. The Kier molecular flexibility index (Phi) is 4.60. The van der Waals surface area contributed by atoms with Crippen LogP contribution in [-0.4, -0.2) is 17.1 Å². The van der Waals surface area contributed by atoms with Crippen LogP contribution in [0.5, 0.6) is 11.5 Å². The zero-order valence-electron chi connectivity index (χ0n) is 11.2. The van der Waals surface area contributed by atoms with Gasteiger partial charge in [-0.15, -0.1) is 0 Å². The van der Waals surface area contributed by atoms with Gasteiger partial charge in [0.05, 0.1) is 6.42 Å². The average Bonchev–Trinajstić information content (AvgIpc) is 2.41. The van der Waals surface area contributed by atoms with Crippen molar-refractivity contribution in [2.45, 2.75) is 19.4 Å². The molecule has 2 rings (SSSR count). The summed E-state index contributed by atoms with van der Waals surface area (Å²) < 4.78 is 5.68. The SMILES string of the molecule is CC(CC(=O)O)Nc1ccc(Oc2ccccc2)cc1. The molecule has 1 unspecified atom stereocenters. The number of anilines is 1. The third kappa shape index (κ3) is 4.31. The van der Waals surface area contributed by atoms with Crippen molar-refractivity contribution in [1.82, 2.24) is 0 Å². The molecule has 4 heteroatoms. The second kappa shape index (κ2) is 6.61. The number of nitrogens with one attached hydrogen (secondary N) is 1. The summed E-state index contributed by atoms with van der Waals surface area (Å²) in [6, 6.07) is 16.9. The third-order valence-electron chi connectivity index (χ3n) is 2.73. The lowest BCUT2D eigenvalue weighted by Gasteiger charge is -2.13. The van der Waals surface area contributed by atoms with Crippen LogP contribution in [0.4, 0.5) is 5.69 Å². The van der Waals surface area contributed by atoms with E-state index in [0.717, 1.165) is 17.2 Å². The van der Waals surface area contributed by atoms with Crippen LogP contribution < -0.4 is 10.1 Å². The van der Waals surface area contributed by atoms with Gasteiger partial charge in [-0.25, -0.2) is 0 Å². The van der Waals surface area contributed by atoms with E-state index in [-0.39, 0.29) is 12.5 Å². The molecule has 0 aliphatic carbocycles. The lowest BCUT2D eigenvalue weighted by atomic mass is 10.2. The second-order valence-electron chi connectivity index (χ2n) is 4.58. The Balaban J connectivity index is 1.94. The molecule has 0 aliphatic rings. The van der Waals surface area contributed by atoms with Gasteiger partial charge in [0, 0.05) is 11.7 Å². The normalized spacial score (nSPS) is 11.7. The first-order valence-electron chi connectivity index (χ1n) is 6.45. The summed E-state index contributed by atoms with van der Waals surface area (Å²) in [4.78, 5) is 10.6. The molecular weight excluding hydrogens is 254 g/mol. The number of rotatable bonds is 6. The molecule has 0 amide bonds. The summed E-state index contributed by atoms with van der Waals surface area (Å²) in [5, 5.41) is 11.8. The fraction of sp³-hybridized carbons (Fsp3) is 0.188. The molecule has 0 spiro atoms. The van der Waals surface area contributed by atoms with Gasteiger partial charge in [0.25, 0.3) is 0 Å². The van der Waals surface area contributed by atoms with Crippen molar-refractivity contribution < 1.29 is 14.6 Å². The number of carboxylic acid groups (broad SMARTS) is 1. The summed E-state index contributed by atoms with van der Waals surface area (Å²) in [5.41, 5.74) is 0.874. The van der Waals surface area contributed by atoms with Crippen molar-refractivity contribution in [2.24, 2.45) is 0 Å². The predicted octanol–water partition coefficient (Wildman–Crippen LogP) is 3.75. The minimum atomic E-state index is -0.811. The van der Waals surface area contributed by atoms with E-state index in [1.165, 1.54) is 0 Å². The highest BCUT2D eigenvalue weighted by molar-refractivity contribution is 5.68. The molecule has 2 aromatic rings. The number of benzene rings is 2. The highest BCUT2D eigenvalue weighted by atomic mass is 16.5. The van der Waals surface area contributed by atoms with E-state index in [1.807, 2.05) is 61.5 Å². The van der Waals surface area contributed by atoms with Crippen LogP contribution in [0.15, 0.2) is 54.6 Å². The quantitative estimate of drug-likeness (QED) is 0.840. The van der Waals surface area contributed by atoms with Crippen LogP contribution in [0.25, 0.3) is 0 Å². The Morgan fingerprint density at radius 3 is 2.30 bits per heavy atom. The van der Waals surface area contributed by atoms with Crippen molar-refractivity contribution in [3.63, 3.8) is 0 Å². The van der Waals surface area contributed by atoms with Crippen LogP contribution in [-0.2, 0) is 4.79 Å². The van der Waals surface area contributed by atoms with E-state index in [4.69, 9.17) is 9.84 Å². The molecule has 104 valence electrons. The monoisotopic (exact) mass is 271 g/mol. The Labute approximate surface area is 118 Å². The van der Waals surface area contributed by atoms with Crippen LogP contribution >= 0.6 is 0 Å². The number of para-hydroxylation sites is 1. The first kappa shape index (κ1) is 13.9. The van der Waals surface area contributed by atoms with Gasteiger partial charge in [0.2, 0.25) is 0 Å². The molecule has 0 heterocycles.